The lowest BCUT2D eigenvalue weighted by atomic mass is 10.1. The lowest BCUT2D eigenvalue weighted by Crippen LogP contribution is -1.97. The second-order valence-electron chi connectivity index (χ2n) is 9.26. The Hall–Kier alpha value is -4.30. The van der Waals surface area contributed by atoms with E-state index in [0.717, 1.165) is 0 Å². The number of aryl methyl sites for hydroxylation is 2. The summed E-state index contributed by atoms with van der Waals surface area (Å²) in [6, 6.07) is 39.8. The van der Waals surface area contributed by atoms with Gasteiger partial charge in [-0.1, -0.05) is 59.7 Å². The molecule has 0 aliphatic carbocycles. The molecular weight excluding hydrogens is 412 g/mol. The lowest BCUT2D eigenvalue weighted by Gasteiger charge is -2.12. The highest BCUT2D eigenvalue weighted by Gasteiger charge is 2.14. The summed E-state index contributed by atoms with van der Waals surface area (Å²) in [7, 11) is 0. The minimum atomic E-state index is 1.17. The van der Waals surface area contributed by atoms with Gasteiger partial charge in [0.25, 0.3) is 0 Å². The van der Waals surface area contributed by atoms with Crippen molar-refractivity contribution in [3.8, 4) is 11.4 Å². The zero-order valence-corrected chi connectivity index (χ0v) is 19.3. The van der Waals surface area contributed by atoms with Gasteiger partial charge in [0.15, 0.2) is 0 Å². The summed E-state index contributed by atoms with van der Waals surface area (Å²) < 4.78 is 4.76. The van der Waals surface area contributed by atoms with Gasteiger partial charge < -0.3 is 9.13 Å². The largest absolute Gasteiger partial charge is 0.309 e. The molecule has 0 unspecified atom stereocenters. The summed E-state index contributed by atoms with van der Waals surface area (Å²) >= 11 is 0. The fraction of sp³-hybridized carbons (Fsp3) is 0.0625. The van der Waals surface area contributed by atoms with Gasteiger partial charge in [0, 0.05) is 32.9 Å². The quantitative estimate of drug-likeness (QED) is 0.257. The minimum absolute atomic E-state index is 1.17. The molecule has 0 radical (unpaired) electrons. The van der Waals surface area contributed by atoms with Crippen molar-refractivity contribution in [2.24, 2.45) is 0 Å². The third-order valence-corrected chi connectivity index (χ3v) is 7.02. The number of nitrogens with zero attached hydrogens (tertiary/aromatic N) is 2. The molecule has 0 bridgehead atoms. The first-order chi connectivity index (χ1) is 16.7. The summed E-state index contributed by atoms with van der Waals surface area (Å²) in [5.74, 6) is 0. The molecule has 0 saturated carbocycles. The van der Waals surface area contributed by atoms with E-state index in [1.54, 1.807) is 0 Å². The number of hydrogen-bond donors (Lipinski definition) is 0. The Balaban J connectivity index is 1.46. The molecule has 0 aliphatic heterocycles. The fourth-order valence-electron chi connectivity index (χ4n) is 5.48. The van der Waals surface area contributed by atoms with Crippen LogP contribution < -0.4 is 0 Å². The number of aromatic nitrogens is 2. The molecule has 0 fully saturated rings. The second kappa shape index (κ2) is 7.10. The van der Waals surface area contributed by atoms with E-state index in [2.05, 4.69) is 132 Å². The molecule has 0 amide bonds. The van der Waals surface area contributed by atoms with Crippen LogP contribution in [0.5, 0.6) is 0 Å². The molecule has 34 heavy (non-hydrogen) atoms. The van der Waals surface area contributed by atoms with Crippen molar-refractivity contribution < 1.29 is 0 Å². The van der Waals surface area contributed by atoms with Crippen molar-refractivity contribution >= 4 is 43.6 Å². The average molecular weight is 437 g/mol. The topological polar surface area (TPSA) is 9.86 Å². The van der Waals surface area contributed by atoms with E-state index in [9.17, 15) is 0 Å². The first-order valence-electron chi connectivity index (χ1n) is 11.8. The molecule has 0 atom stereocenters. The first kappa shape index (κ1) is 19.2. The van der Waals surface area contributed by atoms with E-state index in [0.29, 0.717) is 0 Å². The molecule has 0 saturated heterocycles. The van der Waals surface area contributed by atoms with E-state index < -0.39 is 0 Å². The zero-order chi connectivity index (χ0) is 22.8. The lowest BCUT2D eigenvalue weighted by molar-refractivity contribution is 1.14. The fourth-order valence-corrected chi connectivity index (χ4v) is 5.48. The third-order valence-electron chi connectivity index (χ3n) is 7.02. The van der Waals surface area contributed by atoms with Gasteiger partial charge in [0.05, 0.1) is 22.1 Å². The molecule has 0 N–H and O–H groups in total. The average Bonchev–Trinajstić information content (AvgIpc) is 3.37. The Morgan fingerprint density at radius 1 is 0.382 bits per heavy atom. The monoisotopic (exact) mass is 436 g/mol. The predicted octanol–water partition coefficient (Wildman–Crippen LogP) is 8.50. The Morgan fingerprint density at radius 3 is 1.21 bits per heavy atom. The summed E-state index contributed by atoms with van der Waals surface area (Å²) in [4.78, 5) is 0. The molecule has 162 valence electrons. The van der Waals surface area contributed by atoms with Crippen LogP contribution in [0.4, 0.5) is 0 Å². The van der Waals surface area contributed by atoms with Crippen LogP contribution in [-0.4, -0.2) is 9.13 Å². The van der Waals surface area contributed by atoms with Crippen molar-refractivity contribution in [3.63, 3.8) is 0 Å². The van der Waals surface area contributed by atoms with E-state index >= 15 is 0 Å². The first-order valence-corrected chi connectivity index (χ1v) is 11.8. The third kappa shape index (κ3) is 2.69. The molecule has 5 aromatic carbocycles. The summed E-state index contributed by atoms with van der Waals surface area (Å²) in [6.45, 7) is 4.33. The Morgan fingerprint density at radius 2 is 0.765 bits per heavy atom. The number of benzene rings is 5. The van der Waals surface area contributed by atoms with Crippen molar-refractivity contribution in [2.75, 3.05) is 0 Å². The standard InChI is InChI=1S/C32H24N2/c1-21-11-17-31-27(19-21)28-20-22(2)12-18-32(28)34(31)24-15-13-23(14-16-24)33-29-9-5-3-7-25(29)26-8-4-6-10-30(26)33/h3-20H,1-2H3. The van der Waals surface area contributed by atoms with E-state index in [1.807, 2.05) is 0 Å². The van der Waals surface area contributed by atoms with Crippen LogP contribution in [0.1, 0.15) is 11.1 Å². The van der Waals surface area contributed by atoms with Crippen molar-refractivity contribution in [1.29, 1.82) is 0 Å². The van der Waals surface area contributed by atoms with Crippen LogP contribution in [0.25, 0.3) is 55.0 Å². The van der Waals surface area contributed by atoms with Gasteiger partial charge in [0.2, 0.25) is 0 Å². The smallest absolute Gasteiger partial charge is 0.0541 e. The van der Waals surface area contributed by atoms with Crippen molar-refractivity contribution in [3.05, 3.63) is 120 Å². The van der Waals surface area contributed by atoms with E-state index in [4.69, 9.17) is 0 Å². The number of rotatable bonds is 2. The molecular formula is C32H24N2. The summed E-state index contributed by atoms with van der Waals surface area (Å²) in [5.41, 5.74) is 9.89. The molecule has 2 heterocycles. The Bertz CT molecular complexity index is 1750. The normalized spacial score (nSPS) is 11.8. The van der Waals surface area contributed by atoms with Crippen molar-refractivity contribution in [1.82, 2.24) is 9.13 Å². The highest BCUT2D eigenvalue weighted by molar-refractivity contribution is 6.10. The number of fused-ring (bicyclic) bond motifs is 6. The molecule has 0 spiro atoms. The molecule has 2 nitrogen and oxygen atoms in total. The van der Waals surface area contributed by atoms with Crippen LogP contribution in [-0.2, 0) is 0 Å². The highest BCUT2D eigenvalue weighted by atomic mass is 15.0. The Kier molecular flexibility index (Phi) is 4.01. The van der Waals surface area contributed by atoms with Crippen LogP contribution in [0, 0.1) is 13.8 Å². The minimum Gasteiger partial charge on any atom is -0.309 e. The van der Waals surface area contributed by atoms with Gasteiger partial charge in [-0.15, -0.1) is 0 Å². The van der Waals surface area contributed by atoms with Crippen LogP contribution in [0.15, 0.2) is 109 Å². The van der Waals surface area contributed by atoms with Crippen molar-refractivity contribution in [2.45, 2.75) is 13.8 Å². The van der Waals surface area contributed by atoms with Gasteiger partial charge in [-0.3, -0.25) is 0 Å². The highest BCUT2D eigenvalue weighted by Crippen LogP contribution is 2.35. The Labute approximate surface area is 198 Å². The summed E-state index contributed by atoms with van der Waals surface area (Å²) in [5, 5.41) is 5.20. The van der Waals surface area contributed by atoms with Gasteiger partial charge in [-0.25, -0.2) is 0 Å². The molecule has 0 aliphatic rings. The van der Waals surface area contributed by atoms with Gasteiger partial charge in [-0.05, 0) is 74.5 Å². The molecule has 2 aromatic heterocycles. The number of hydrogen-bond acceptors (Lipinski definition) is 0. The zero-order valence-electron chi connectivity index (χ0n) is 19.3. The number of para-hydroxylation sites is 2. The maximum Gasteiger partial charge on any atom is 0.0541 e. The van der Waals surface area contributed by atoms with Gasteiger partial charge in [-0.2, -0.15) is 0 Å². The van der Waals surface area contributed by atoms with E-state index in [1.165, 1.54) is 66.1 Å². The maximum atomic E-state index is 2.39. The van der Waals surface area contributed by atoms with E-state index in [-0.39, 0.29) is 0 Å². The van der Waals surface area contributed by atoms with Crippen LogP contribution in [0.3, 0.4) is 0 Å². The predicted molar refractivity (Wildman–Crippen MR) is 145 cm³/mol. The molecule has 7 rings (SSSR count). The maximum absolute atomic E-state index is 2.39. The van der Waals surface area contributed by atoms with Crippen LogP contribution in [0.2, 0.25) is 0 Å². The van der Waals surface area contributed by atoms with Gasteiger partial charge in [0.1, 0.15) is 0 Å². The molecule has 2 heteroatoms. The second-order valence-corrected chi connectivity index (χ2v) is 9.26. The van der Waals surface area contributed by atoms with Gasteiger partial charge >= 0.3 is 0 Å². The SMILES string of the molecule is Cc1ccc2c(c1)c1cc(C)ccc1n2-c1ccc(-n2c3ccccc3c3ccccc32)cc1. The van der Waals surface area contributed by atoms with Crippen LogP contribution >= 0.6 is 0 Å². The summed E-state index contributed by atoms with van der Waals surface area (Å²) in [6.07, 6.45) is 0. The molecule has 7 aromatic rings.